The first-order valence-electron chi connectivity index (χ1n) is 6.76. The highest BCUT2D eigenvalue weighted by Gasteiger charge is 2.17. The number of nitrogens with one attached hydrogen (secondary N) is 1. The highest BCUT2D eigenvalue weighted by molar-refractivity contribution is 9.09. The highest BCUT2D eigenvalue weighted by Crippen LogP contribution is 2.27. The Balaban J connectivity index is 2.53. The number of alkyl halides is 1. The van der Waals surface area contributed by atoms with Crippen LogP contribution < -0.4 is 10.1 Å². The average molecular weight is 359 g/mol. The molecule has 0 atom stereocenters. The molecule has 0 aliphatic carbocycles. The molecule has 0 aliphatic rings. The molecular weight excluding hydrogens is 340 g/mol. The summed E-state index contributed by atoms with van der Waals surface area (Å²) in [5.74, 6) is -0.159. The number of carbonyl (C=O) groups excluding carboxylic acids is 1. The standard InChI is InChI=1S/C14H19BrN2O4/c1-21-13-10-11(6-7-12(13)17(19)20)14(18)16-9-5-3-2-4-8-15/h6-7,10H,2-5,8-9H2,1H3,(H,16,18). The number of halogens is 1. The maximum atomic E-state index is 11.9. The number of nitro benzene ring substituents is 1. The number of hydrogen-bond acceptors (Lipinski definition) is 4. The molecule has 1 amide bonds. The molecule has 0 aromatic heterocycles. The number of rotatable bonds is 9. The zero-order valence-corrected chi connectivity index (χ0v) is 13.5. The largest absolute Gasteiger partial charge is 0.490 e. The fraction of sp³-hybridized carbons (Fsp3) is 0.500. The summed E-state index contributed by atoms with van der Waals surface area (Å²) < 4.78 is 4.94. The van der Waals surface area contributed by atoms with Crippen LogP contribution in [0.2, 0.25) is 0 Å². The minimum absolute atomic E-state index is 0.0879. The number of hydrogen-bond donors (Lipinski definition) is 1. The van der Waals surface area contributed by atoms with Crippen LogP contribution in [0, 0.1) is 10.1 Å². The molecule has 0 heterocycles. The van der Waals surface area contributed by atoms with Crippen LogP contribution in [0.5, 0.6) is 5.75 Å². The van der Waals surface area contributed by atoms with Gasteiger partial charge in [0.1, 0.15) is 0 Å². The molecule has 0 saturated heterocycles. The van der Waals surface area contributed by atoms with Gasteiger partial charge >= 0.3 is 5.69 Å². The minimum Gasteiger partial charge on any atom is -0.490 e. The minimum atomic E-state index is -0.537. The third-order valence-electron chi connectivity index (χ3n) is 2.98. The van der Waals surface area contributed by atoms with Gasteiger partial charge in [-0.15, -0.1) is 0 Å². The van der Waals surface area contributed by atoms with Gasteiger partial charge in [-0.2, -0.15) is 0 Å². The molecule has 0 bridgehead atoms. The van der Waals surface area contributed by atoms with Crippen LogP contribution in [0.25, 0.3) is 0 Å². The van der Waals surface area contributed by atoms with Crippen molar-refractivity contribution in [1.82, 2.24) is 5.32 Å². The Hall–Kier alpha value is -1.63. The normalized spacial score (nSPS) is 10.2. The predicted octanol–water partition coefficient (Wildman–Crippen LogP) is 3.29. The van der Waals surface area contributed by atoms with Crippen molar-refractivity contribution < 1.29 is 14.5 Å². The SMILES string of the molecule is COc1cc(C(=O)NCCCCCCBr)ccc1[N+](=O)[O-]. The van der Waals surface area contributed by atoms with Gasteiger partial charge in [0.2, 0.25) is 0 Å². The number of ether oxygens (including phenoxy) is 1. The van der Waals surface area contributed by atoms with Crippen LogP contribution in [0.4, 0.5) is 5.69 Å². The van der Waals surface area contributed by atoms with Crippen molar-refractivity contribution in [3.8, 4) is 5.75 Å². The highest BCUT2D eigenvalue weighted by atomic mass is 79.9. The van der Waals surface area contributed by atoms with Gasteiger partial charge in [-0.1, -0.05) is 28.8 Å². The van der Waals surface area contributed by atoms with E-state index in [4.69, 9.17) is 4.74 Å². The van der Waals surface area contributed by atoms with E-state index in [0.29, 0.717) is 12.1 Å². The molecule has 0 spiro atoms. The van der Waals surface area contributed by atoms with Crippen LogP contribution in [0.3, 0.4) is 0 Å². The first-order chi connectivity index (χ1) is 10.1. The molecule has 1 N–H and O–H groups in total. The van der Waals surface area contributed by atoms with Crippen LogP contribution in [0.15, 0.2) is 18.2 Å². The lowest BCUT2D eigenvalue weighted by Gasteiger charge is -2.07. The molecule has 0 fully saturated rings. The first-order valence-corrected chi connectivity index (χ1v) is 7.89. The molecule has 1 aromatic rings. The van der Waals surface area contributed by atoms with Gasteiger partial charge in [-0.05, 0) is 18.9 Å². The van der Waals surface area contributed by atoms with Crippen LogP contribution >= 0.6 is 15.9 Å². The van der Waals surface area contributed by atoms with Crippen LogP contribution in [0.1, 0.15) is 36.0 Å². The number of nitro groups is 1. The number of methoxy groups -OCH3 is 1. The van der Waals surface area contributed by atoms with Gasteiger partial charge in [0.25, 0.3) is 5.91 Å². The van der Waals surface area contributed by atoms with E-state index in [9.17, 15) is 14.9 Å². The second kappa shape index (κ2) is 9.33. The van der Waals surface area contributed by atoms with Gasteiger partial charge < -0.3 is 10.1 Å². The molecule has 0 saturated carbocycles. The monoisotopic (exact) mass is 358 g/mol. The Kier molecular flexibility index (Phi) is 7.74. The summed E-state index contributed by atoms with van der Waals surface area (Å²) in [6, 6.07) is 4.10. The molecule has 0 radical (unpaired) electrons. The summed E-state index contributed by atoms with van der Waals surface area (Å²) in [7, 11) is 1.34. The summed E-state index contributed by atoms with van der Waals surface area (Å²) in [5.41, 5.74) is 0.210. The zero-order chi connectivity index (χ0) is 15.7. The summed E-state index contributed by atoms with van der Waals surface area (Å²) in [6.07, 6.45) is 4.25. The maximum absolute atomic E-state index is 11.9. The second-order valence-electron chi connectivity index (χ2n) is 4.50. The van der Waals surface area contributed by atoms with Crippen molar-refractivity contribution in [2.45, 2.75) is 25.7 Å². The molecule has 0 unspecified atom stereocenters. The number of unbranched alkanes of at least 4 members (excludes halogenated alkanes) is 3. The Morgan fingerprint density at radius 2 is 2.05 bits per heavy atom. The molecule has 21 heavy (non-hydrogen) atoms. The molecule has 116 valence electrons. The lowest BCUT2D eigenvalue weighted by atomic mass is 10.1. The van der Waals surface area contributed by atoms with Crippen molar-refractivity contribution in [1.29, 1.82) is 0 Å². The van der Waals surface area contributed by atoms with Gasteiger partial charge in [-0.3, -0.25) is 14.9 Å². The van der Waals surface area contributed by atoms with Gasteiger partial charge in [0.05, 0.1) is 12.0 Å². The zero-order valence-electron chi connectivity index (χ0n) is 11.9. The molecular formula is C14H19BrN2O4. The Bertz CT molecular complexity index is 494. The lowest BCUT2D eigenvalue weighted by Crippen LogP contribution is -2.24. The smallest absolute Gasteiger partial charge is 0.310 e. The molecule has 1 aromatic carbocycles. The number of benzene rings is 1. The summed E-state index contributed by atoms with van der Waals surface area (Å²) in [5, 5.41) is 14.6. The van der Waals surface area contributed by atoms with Crippen molar-refractivity contribution in [2.24, 2.45) is 0 Å². The van der Waals surface area contributed by atoms with E-state index in [0.717, 1.165) is 31.0 Å². The van der Waals surface area contributed by atoms with E-state index in [1.54, 1.807) is 0 Å². The van der Waals surface area contributed by atoms with E-state index in [1.807, 2.05) is 0 Å². The van der Waals surface area contributed by atoms with Crippen molar-refractivity contribution in [3.63, 3.8) is 0 Å². The average Bonchev–Trinajstić information content (AvgIpc) is 2.49. The van der Waals surface area contributed by atoms with Crippen molar-refractivity contribution >= 4 is 27.5 Å². The molecule has 6 nitrogen and oxygen atoms in total. The van der Waals surface area contributed by atoms with Crippen molar-refractivity contribution in [3.05, 3.63) is 33.9 Å². The fourth-order valence-corrected chi connectivity index (χ4v) is 2.24. The predicted molar refractivity (Wildman–Crippen MR) is 84.2 cm³/mol. The Morgan fingerprint density at radius 1 is 1.33 bits per heavy atom. The van der Waals surface area contributed by atoms with Gasteiger partial charge in [0, 0.05) is 29.6 Å². The van der Waals surface area contributed by atoms with Crippen LogP contribution in [-0.4, -0.2) is 29.8 Å². The quantitative estimate of drug-likeness (QED) is 0.318. The Labute approximate surface area is 132 Å². The number of carbonyl (C=O) groups is 1. The van der Waals surface area contributed by atoms with Crippen molar-refractivity contribution in [2.75, 3.05) is 19.0 Å². The molecule has 0 aliphatic heterocycles. The topological polar surface area (TPSA) is 81.5 Å². The van der Waals surface area contributed by atoms with E-state index in [-0.39, 0.29) is 17.3 Å². The molecule has 7 heteroatoms. The van der Waals surface area contributed by atoms with E-state index >= 15 is 0 Å². The fourth-order valence-electron chi connectivity index (χ4n) is 1.85. The van der Waals surface area contributed by atoms with Gasteiger partial charge in [0.15, 0.2) is 5.75 Å². The van der Waals surface area contributed by atoms with E-state index < -0.39 is 4.92 Å². The number of amides is 1. The third kappa shape index (κ3) is 5.71. The summed E-state index contributed by atoms with van der Waals surface area (Å²) in [4.78, 5) is 22.2. The maximum Gasteiger partial charge on any atom is 0.310 e. The second-order valence-corrected chi connectivity index (χ2v) is 5.30. The lowest BCUT2D eigenvalue weighted by molar-refractivity contribution is -0.385. The summed E-state index contributed by atoms with van der Waals surface area (Å²) in [6.45, 7) is 0.598. The van der Waals surface area contributed by atoms with E-state index in [1.165, 1.54) is 25.3 Å². The van der Waals surface area contributed by atoms with E-state index in [2.05, 4.69) is 21.2 Å². The van der Waals surface area contributed by atoms with Crippen LogP contribution in [-0.2, 0) is 0 Å². The third-order valence-corrected chi connectivity index (χ3v) is 3.55. The Morgan fingerprint density at radius 3 is 2.67 bits per heavy atom. The first kappa shape index (κ1) is 17.4. The summed E-state index contributed by atoms with van der Waals surface area (Å²) >= 11 is 3.37. The van der Waals surface area contributed by atoms with Gasteiger partial charge in [-0.25, -0.2) is 0 Å². The number of nitrogens with zero attached hydrogens (tertiary/aromatic N) is 1. The molecule has 1 rings (SSSR count).